The predicted octanol–water partition coefficient (Wildman–Crippen LogP) is 6.34. The van der Waals surface area contributed by atoms with Crippen LogP contribution in [0.1, 0.15) is 56.9 Å². The van der Waals surface area contributed by atoms with E-state index < -0.39 is 16.6 Å². The van der Waals surface area contributed by atoms with Crippen LogP contribution in [0.3, 0.4) is 0 Å². The van der Waals surface area contributed by atoms with Crippen molar-refractivity contribution in [3.63, 3.8) is 0 Å². The molecule has 0 saturated heterocycles. The summed E-state index contributed by atoms with van der Waals surface area (Å²) in [5.41, 5.74) is 8.80. The van der Waals surface area contributed by atoms with E-state index in [2.05, 4.69) is 92.4 Å². The zero-order chi connectivity index (χ0) is 25.0. The summed E-state index contributed by atoms with van der Waals surface area (Å²) >= 11 is 0. The number of hydrogen-bond donors (Lipinski definition) is 1. The van der Waals surface area contributed by atoms with Gasteiger partial charge < -0.3 is 9.76 Å². The molecule has 3 heteroatoms. The summed E-state index contributed by atoms with van der Waals surface area (Å²) in [6.07, 6.45) is 6.36. The molecule has 3 aromatic rings. The van der Waals surface area contributed by atoms with Crippen molar-refractivity contribution >= 4 is 18.5 Å². The molecule has 1 atom stereocenters. The topological polar surface area (TPSA) is 29.5 Å². The molecule has 0 fully saturated rings. The van der Waals surface area contributed by atoms with Gasteiger partial charge in [-0.25, -0.2) is 0 Å². The Balaban J connectivity index is 1.76. The van der Waals surface area contributed by atoms with Gasteiger partial charge in [-0.2, -0.15) is 0 Å². The molecule has 0 aromatic heterocycles. The van der Waals surface area contributed by atoms with Gasteiger partial charge in [0.15, 0.2) is 0 Å². The van der Waals surface area contributed by atoms with Crippen molar-refractivity contribution < 1.29 is 9.76 Å². The summed E-state index contributed by atoms with van der Waals surface area (Å²) in [4.78, 5) is 0. The number of hydrogen-bond acceptors (Lipinski definition) is 2. The minimum atomic E-state index is -0.983. The molecule has 0 saturated carbocycles. The molecule has 1 radical (unpaired) electrons. The first kappa shape index (κ1) is 23.6. The molecular weight excluding hydrogens is 427 g/mol. The lowest BCUT2D eigenvalue weighted by Crippen LogP contribution is -2.49. The third kappa shape index (κ3) is 3.33. The average Bonchev–Trinajstić information content (AvgIpc) is 3.28. The quantitative estimate of drug-likeness (QED) is 0.436. The highest BCUT2D eigenvalue weighted by molar-refractivity contribution is 6.47. The second-order valence-corrected chi connectivity index (χ2v) is 10.5. The molecular formula is C32H32BO2. The van der Waals surface area contributed by atoms with Crippen LogP contribution in [0.4, 0.5) is 0 Å². The standard InChI is InChI=1S/C32H32BO2/c1-7-13-26-22(8-2)23-14-9-11-16-27(23)32(26)28-17-12-10-15-24(28)25-19-18-21(20-29(25)32)33-35-31(5,6)30(3,4)34/h7-20,34H,2H2,1,3-6H3/b13-7-. The number of allylic oxidation sites excluding steroid dienone is 5. The van der Waals surface area contributed by atoms with Crippen molar-refractivity contribution in [3.8, 4) is 11.1 Å². The number of benzene rings is 3. The first-order chi connectivity index (χ1) is 16.7. The molecule has 175 valence electrons. The third-order valence-corrected chi connectivity index (χ3v) is 7.88. The van der Waals surface area contributed by atoms with E-state index in [1.807, 2.05) is 19.9 Å². The van der Waals surface area contributed by atoms with Crippen LogP contribution in [0.5, 0.6) is 0 Å². The van der Waals surface area contributed by atoms with Crippen molar-refractivity contribution in [2.24, 2.45) is 0 Å². The van der Waals surface area contributed by atoms with Gasteiger partial charge in [-0.15, -0.1) is 0 Å². The lowest BCUT2D eigenvalue weighted by Gasteiger charge is -2.37. The van der Waals surface area contributed by atoms with E-state index in [1.165, 1.54) is 44.5 Å². The van der Waals surface area contributed by atoms with Gasteiger partial charge in [-0.1, -0.05) is 97.0 Å². The van der Waals surface area contributed by atoms with Gasteiger partial charge in [0, 0.05) is 0 Å². The van der Waals surface area contributed by atoms with Gasteiger partial charge in [-0.05, 0) is 79.1 Å². The maximum Gasteiger partial charge on any atom is 0.330 e. The van der Waals surface area contributed by atoms with E-state index in [9.17, 15) is 5.11 Å². The lowest BCUT2D eigenvalue weighted by atomic mass is 9.68. The number of fused-ring (bicyclic) bond motifs is 7. The fourth-order valence-corrected chi connectivity index (χ4v) is 5.45. The zero-order valence-electron chi connectivity index (χ0n) is 21.2. The van der Waals surface area contributed by atoms with E-state index in [4.69, 9.17) is 4.65 Å². The smallest absolute Gasteiger partial charge is 0.330 e. The fraction of sp³-hybridized carbons (Fsp3) is 0.250. The summed E-state index contributed by atoms with van der Waals surface area (Å²) in [7, 11) is 1.78. The molecule has 3 aromatic carbocycles. The first-order valence-corrected chi connectivity index (χ1v) is 12.2. The minimum Gasteiger partial charge on any atom is -0.427 e. The Morgan fingerprint density at radius 1 is 0.857 bits per heavy atom. The second-order valence-electron chi connectivity index (χ2n) is 10.5. The van der Waals surface area contributed by atoms with E-state index >= 15 is 0 Å². The van der Waals surface area contributed by atoms with Crippen molar-refractivity contribution in [1.82, 2.24) is 0 Å². The second kappa shape index (κ2) is 8.22. The van der Waals surface area contributed by atoms with Crippen molar-refractivity contribution in [2.75, 3.05) is 0 Å². The summed E-state index contributed by atoms with van der Waals surface area (Å²) in [5.74, 6) is 0. The van der Waals surface area contributed by atoms with Gasteiger partial charge in [0.25, 0.3) is 0 Å². The van der Waals surface area contributed by atoms with Crippen molar-refractivity contribution in [3.05, 3.63) is 119 Å². The monoisotopic (exact) mass is 459 g/mol. The molecule has 0 amide bonds. The zero-order valence-corrected chi connectivity index (χ0v) is 21.2. The molecule has 2 aliphatic rings. The highest BCUT2D eigenvalue weighted by Crippen LogP contribution is 2.61. The Morgan fingerprint density at radius 3 is 2.09 bits per heavy atom. The number of rotatable bonds is 6. The Kier molecular flexibility index (Phi) is 5.54. The molecule has 1 N–H and O–H groups in total. The summed E-state index contributed by atoms with van der Waals surface area (Å²) in [5, 5.41) is 10.6. The van der Waals surface area contributed by atoms with E-state index in [1.54, 1.807) is 21.3 Å². The van der Waals surface area contributed by atoms with Gasteiger partial charge in [-0.3, -0.25) is 0 Å². The van der Waals surface area contributed by atoms with Crippen molar-refractivity contribution in [2.45, 2.75) is 51.2 Å². The van der Waals surface area contributed by atoms with E-state index in [0.717, 1.165) is 5.46 Å². The Morgan fingerprint density at radius 2 is 1.46 bits per heavy atom. The third-order valence-electron chi connectivity index (χ3n) is 7.88. The molecule has 0 aliphatic heterocycles. The first-order valence-electron chi connectivity index (χ1n) is 12.2. The van der Waals surface area contributed by atoms with Crippen LogP contribution in [0, 0.1) is 0 Å². The Hall–Kier alpha value is -3.14. The van der Waals surface area contributed by atoms with Gasteiger partial charge in [0.1, 0.15) is 0 Å². The molecule has 2 aliphatic carbocycles. The predicted molar refractivity (Wildman–Crippen MR) is 147 cm³/mol. The maximum absolute atomic E-state index is 10.6. The maximum atomic E-state index is 10.6. The van der Waals surface area contributed by atoms with Crippen LogP contribution >= 0.6 is 0 Å². The van der Waals surface area contributed by atoms with Crippen molar-refractivity contribution in [1.29, 1.82) is 0 Å². The van der Waals surface area contributed by atoms with Crippen LogP contribution in [0.2, 0.25) is 0 Å². The molecule has 35 heavy (non-hydrogen) atoms. The van der Waals surface area contributed by atoms with Gasteiger partial charge >= 0.3 is 7.48 Å². The summed E-state index contributed by atoms with van der Waals surface area (Å²) in [6.45, 7) is 13.6. The fourth-order valence-electron chi connectivity index (χ4n) is 5.45. The molecule has 1 spiro atoms. The van der Waals surface area contributed by atoms with Gasteiger partial charge in [0.2, 0.25) is 0 Å². The summed E-state index contributed by atoms with van der Waals surface area (Å²) < 4.78 is 6.14. The van der Waals surface area contributed by atoms with Crippen LogP contribution in [-0.2, 0) is 10.1 Å². The minimum absolute atomic E-state index is 0.422. The molecule has 5 rings (SSSR count). The van der Waals surface area contributed by atoms with E-state index in [-0.39, 0.29) is 0 Å². The highest BCUT2D eigenvalue weighted by atomic mass is 16.5. The SMILES string of the molecule is C=CC1=C(/C=C\C)C2(c3ccccc31)c1ccccc1-c1ccc([B]OC(C)(C)C(C)(C)O)cc12. The Labute approximate surface area is 210 Å². The molecule has 2 nitrogen and oxygen atoms in total. The Bertz CT molecular complexity index is 1390. The van der Waals surface area contributed by atoms with Crippen LogP contribution in [0.25, 0.3) is 16.7 Å². The highest BCUT2D eigenvalue weighted by Gasteiger charge is 2.51. The van der Waals surface area contributed by atoms with Crippen LogP contribution in [-0.4, -0.2) is 23.8 Å². The normalized spacial score (nSPS) is 18.7. The summed E-state index contributed by atoms with van der Waals surface area (Å²) in [6, 6.07) is 24.0. The van der Waals surface area contributed by atoms with Crippen LogP contribution < -0.4 is 5.46 Å². The molecule has 1 unspecified atom stereocenters. The largest absolute Gasteiger partial charge is 0.427 e. The van der Waals surface area contributed by atoms with Crippen LogP contribution in [0.15, 0.2) is 97.1 Å². The lowest BCUT2D eigenvalue weighted by molar-refractivity contribution is -0.0893. The average molecular weight is 459 g/mol. The van der Waals surface area contributed by atoms with E-state index in [0.29, 0.717) is 0 Å². The van der Waals surface area contributed by atoms with Gasteiger partial charge in [0.05, 0.1) is 16.6 Å². The molecule has 0 bridgehead atoms. The number of aliphatic hydroxyl groups is 1. The molecule has 0 heterocycles.